The molecular formula is C15H14ClN3OS. The molecule has 1 N–H and O–H groups in total. The first-order valence-electron chi connectivity index (χ1n) is 6.63. The summed E-state index contributed by atoms with van der Waals surface area (Å²) in [4.78, 5) is 4.33. The molecule has 0 saturated carbocycles. The van der Waals surface area contributed by atoms with Crippen LogP contribution in [0, 0.1) is 0 Å². The van der Waals surface area contributed by atoms with E-state index in [0.29, 0.717) is 11.4 Å². The molecule has 0 radical (unpaired) electrons. The fraction of sp³-hybridized carbons (Fsp3) is 0.200. The molecule has 21 heavy (non-hydrogen) atoms. The molecule has 6 heteroatoms. The molecule has 0 aliphatic heterocycles. The van der Waals surface area contributed by atoms with Gasteiger partial charge in [-0.05, 0) is 31.0 Å². The highest BCUT2D eigenvalue weighted by atomic mass is 35.5. The minimum atomic E-state index is 0.167. The number of nitrogens with zero attached hydrogens (tertiary/aromatic N) is 3. The third-order valence-electron chi connectivity index (χ3n) is 3.09. The fourth-order valence-corrected chi connectivity index (χ4v) is 2.84. The normalized spacial score (nSPS) is 11.0. The average molecular weight is 320 g/mol. The Hall–Kier alpha value is -1.69. The standard InChI is InChI=1S/C15H14ClN3OS/c16-12-5-3-11(4-6-12)14-10-13(2-1-8-20)18-19(14)15-17-7-9-21-15/h3-7,9-10,20H,1-2,8H2. The second-order valence-corrected chi connectivity index (χ2v) is 5.89. The molecule has 0 aliphatic rings. The molecule has 3 rings (SSSR count). The van der Waals surface area contributed by atoms with Gasteiger partial charge < -0.3 is 5.11 Å². The van der Waals surface area contributed by atoms with E-state index in [1.165, 1.54) is 11.3 Å². The Bertz CT molecular complexity index is 707. The van der Waals surface area contributed by atoms with Crippen LogP contribution in [-0.4, -0.2) is 26.5 Å². The minimum absolute atomic E-state index is 0.167. The van der Waals surface area contributed by atoms with Gasteiger partial charge in [-0.25, -0.2) is 9.67 Å². The van der Waals surface area contributed by atoms with Crippen LogP contribution < -0.4 is 0 Å². The summed E-state index contributed by atoms with van der Waals surface area (Å²) in [6, 6.07) is 9.71. The Kier molecular flexibility index (Phi) is 4.34. The number of hydrogen-bond donors (Lipinski definition) is 1. The SMILES string of the molecule is OCCCc1cc(-c2ccc(Cl)cc2)n(-c2nccs2)n1. The molecule has 0 saturated heterocycles. The molecule has 4 nitrogen and oxygen atoms in total. The van der Waals surface area contributed by atoms with Crippen LogP contribution in [0.1, 0.15) is 12.1 Å². The highest BCUT2D eigenvalue weighted by molar-refractivity contribution is 7.12. The molecule has 0 amide bonds. The van der Waals surface area contributed by atoms with E-state index in [1.54, 1.807) is 6.20 Å². The van der Waals surface area contributed by atoms with Crippen LogP contribution in [0.25, 0.3) is 16.4 Å². The molecule has 0 spiro atoms. The Balaban J connectivity index is 2.04. The van der Waals surface area contributed by atoms with Gasteiger partial charge in [0.1, 0.15) is 0 Å². The molecule has 3 aromatic rings. The monoisotopic (exact) mass is 319 g/mol. The van der Waals surface area contributed by atoms with Crippen molar-refractivity contribution in [2.24, 2.45) is 0 Å². The smallest absolute Gasteiger partial charge is 0.210 e. The van der Waals surface area contributed by atoms with Gasteiger partial charge in [0.25, 0.3) is 0 Å². The van der Waals surface area contributed by atoms with Crippen LogP contribution in [0.5, 0.6) is 0 Å². The molecule has 0 fully saturated rings. The number of rotatable bonds is 5. The maximum absolute atomic E-state index is 8.98. The van der Waals surface area contributed by atoms with Gasteiger partial charge in [-0.15, -0.1) is 11.3 Å². The zero-order chi connectivity index (χ0) is 14.7. The highest BCUT2D eigenvalue weighted by Gasteiger charge is 2.13. The van der Waals surface area contributed by atoms with Gasteiger partial charge in [0, 0.05) is 28.8 Å². The molecule has 108 valence electrons. The molecule has 0 aliphatic carbocycles. The number of thiazole rings is 1. The third kappa shape index (κ3) is 3.15. The highest BCUT2D eigenvalue weighted by Crippen LogP contribution is 2.26. The van der Waals surface area contributed by atoms with Crippen LogP contribution in [-0.2, 0) is 6.42 Å². The Morgan fingerprint density at radius 3 is 2.71 bits per heavy atom. The van der Waals surface area contributed by atoms with Crippen LogP contribution >= 0.6 is 22.9 Å². The van der Waals surface area contributed by atoms with E-state index in [0.717, 1.165) is 28.5 Å². The molecule has 0 atom stereocenters. The summed E-state index contributed by atoms with van der Waals surface area (Å²) >= 11 is 7.49. The predicted octanol–water partition coefficient (Wildman–Crippen LogP) is 3.57. The van der Waals surface area contributed by atoms with E-state index >= 15 is 0 Å². The van der Waals surface area contributed by atoms with Gasteiger partial charge in [0.05, 0.1) is 11.4 Å². The molecule has 2 aromatic heterocycles. The third-order valence-corrected chi connectivity index (χ3v) is 4.09. The topological polar surface area (TPSA) is 50.9 Å². The number of aliphatic hydroxyl groups is 1. The maximum Gasteiger partial charge on any atom is 0.210 e. The van der Waals surface area contributed by atoms with Gasteiger partial charge in [-0.2, -0.15) is 5.10 Å². The lowest BCUT2D eigenvalue weighted by atomic mass is 10.1. The van der Waals surface area contributed by atoms with Crippen LogP contribution in [0.15, 0.2) is 41.9 Å². The van der Waals surface area contributed by atoms with Crippen molar-refractivity contribution < 1.29 is 5.11 Å². The summed E-state index contributed by atoms with van der Waals surface area (Å²) in [5.41, 5.74) is 2.97. The van der Waals surface area contributed by atoms with Crippen molar-refractivity contribution in [1.29, 1.82) is 0 Å². The summed E-state index contributed by atoms with van der Waals surface area (Å²) < 4.78 is 1.85. The average Bonchev–Trinajstić information content (AvgIpc) is 3.15. The summed E-state index contributed by atoms with van der Waals surface area (Å²) in [5, 5.41) is 17.0. The summed E-state index contributed by atoms with van der Waals surface area (Å²) in [6.45, 7) is 0.167. The van der Waals surface area contributed by atoms with Crippen molar-refractivity contribution in [3.63, 3.8) is 0 Å². The van der Waals surface area contributed by atoms with Gasteiger partial charge in [-0.1, -0.05) is 23.7 Å². The first-order valence-corrected chi connectivity index (χ1v) is 7.89. The van der Waals surface area contributed by atoms with E-state index in [4.69, 9.17) is 16.7 Å². The van der Waals surface area contributed by atoms with Crippen LogP contribution in [0.4, 0.5) is 0 Å². The Morgan fingerprint density at radius 2 is 2.05 bits per heavy atom. The number of aromatic nitrogens is 3. The van der Waals surface area contributed by atoms with Crippen LogP contribution in [0.3, 0.4) is 0 Å². The van der Waals surface area contributed by atoms with Crippen LogP contribution in [0.2, 0.25) is 5.02 Å². The van der Waals surface area contributed by atoms with Crippen molar-refractivity contribution >= 4 is 22.9 Å². The second-order valence-electron chi connectivity index (χ2n) is 4.58. The van der Waals surface area contributed by atoms with E-state index in [-0.39, 0.29) is 6.61 Å². The summed E-state index contributed by atoms with van der Waals surface area (Å²) in [6.07, 6.45) is 3.21. The number of hydrogen-bond acceptors (Lipinski definition) is 4. The predicted molar refractivity (Wildman–Crippen MR) is 85.1 cm³/mol. The number of aliphatic hydroxyl groups excluding tert-OH is 1. The van der Waals surface area contributed by atoms with Gasteiger partial charge in [0.2, 0.25) is 5.13 Å². The second kappa shape index (κ2) is 6.39. The van der Waals surface area contributed by atoms with Crippen molar-refractivity contribution in [2.45, 2.75) is 12.8 Å². The van der Waals surface area contributed by atoms with Gasteiger partial charge in [-0.3, -0.25) is 0 Å². The molecule has 1 aromatic carbocycles. The van der Waals surface area contributed by atoms with E-state index in [1.807, 2.05) is 40.4 Å². The fourth-order valence-electron chi connectivity index (χ4n) is 2.11. The Morgan fingerprint density at radius 1 is 1.24 bits per heavy atom. The lowest BCUT2D eigenvalue weighted by molar-refractivity contribution is 0.288. The maximum atomic E-state index is 8.98. The summed E-state index contributed by atoms with van der Waals surface area (Å²) in [7, 11) is 0. The zero-order valence-electron chi connectivity index (χ0n) is 11.2. The first-order chi connectivity index (χ1) is 10.3. The summed E-state index contributed by atoms with van der Waals surface area (Å²) in [5.74, 6) is 0. The van der Waals surface area contributed by atoms with Crippen molar-refractivity contribution in [1.82, 2.24) is 14.8 Å². The molecule has 0 bridgehead atoms. The van der Waals surface area contributed by atoms with E-state index in [2.05, 4.69) is 10.1 Å². The molecule has 0 unspecified atom stereocenters. The number of benzene rings is 1. The van der Waals surface area contributed by atoms with Crippen molar-refractivity contribution in [3.05, 3.63) is 52.6 Å². The molecular weight excluding hydrogens is 306 g/mol. The Labute approximate surface area is 131 Å². The van der Waals surface area contributed by atoms with Gasteiger partial charge >= 0.3 is 0 Å². The first kappa shape index (κ1) is 14.3. The largest absolute Gasteiger partial charge is 0.396 e. The number of aryl methyl sites for hydroxylation is 1. The van der Waals surface area contributed by atoms with Crippen molar-refractivity contribution in [3.8, 4) is 16.4 Å². The number of halogens is 1. The van der Waals surface area contributed by atoms with E-state index < -0.39 is 0 Å². The zero-order valence-corrected chi connectivity index (χ0v) is 12.8. The van der Waals surface area contributed by atoms with Crippen molar-refractivity contribution in [2.75, 3.05) is 6.61 Å². The lowest BCUT2D eigenvalue weighted by Gasteiger charge is -2.04. The quantitative estimate of drug-likeness (QED) is 0.782. The minimum Gasteiger partial charge on any atom is -0.396 e. The van der Waals surface area contributed by atoms with Gasteiger partial charge in [0.15, 0.2) is 0 Å². The van der Waals surface area contributed by atoms with E-state index in [9.17, 15) is 0 Å². The lowest BCUT2D eigenvalue weighted by Crippen LogP contribution is -1.99. The molecule has 2 heterocycles.